The normalized spacial score (nSPS) is 12.2. The van der Waals surface area contributed by atoms with Crippen LogP contribution in [0.1, 0.15) is 16.7 Å². The molecule has 0 amide bonds. The van der Waals surface area contributed by atoms with Crippen molar-refractivity contribution in [3.8, 4) is 5.75 Å². The number of methoxy groups -OCH3 is 1. The molecule has 0 aliphatic rings. The summed E-state index contributed by atoms with van der Waals surface area (Å²) in [4.78, 5) is 0. The summed E-state index contributed by atoms with van der Waals surface area (Å²) >= 11 is 0. The Morgan fingerprint density at radius 2 is 1.90 bits per heavy atom. The van der Waals surface area contributed by atoms with Gasteiger partial charge in [-0.05, 0) is 61.1 Å². The number of nitrogens with two attached hydrogens (primary N) is 1. The van der Waals surface area contributed by atoms with E-state index in [4.69, 9.17) is 10.5 Å². The van der Waals surface area contributed by atoms with E-state index >= 15 is 0 Å². The van der Waals surface area contributed by atoms with Crippen LogP contribution in [0, 0.1) is 18.7 Å². The smallest absolute Gasteiger partial charge is 0.165 e. The molecule has 112 valence electrons. The Hall–Kier alpha value is -1.87. The number of halogens is 1. The van der Waals surface area contributed by atoms with Crippen molar-refractivity contribution < 1.29 is 9.13 Å². The standard InChI is InChI=1S/C18H22FNO/c1-13-5-3-4-6-16(13)10-15(12-20)9-14-7-8-18(21-2)17(19)11-14/h3-8,11,15H,9-10,12,20H2,1-2H3. The molecule has 2 rings (SSSR count). The molecule has 0 radical (unpaired) electrons. The molecule has 2 N–H and O–H groups in total. The molecule has 0 bridgehead atoms. The average Bonchev–Trinajstić information content (AvgIpc) is 2.49. The first-order valence-electron chi connectivity index (χ1n) is 7.21. The van der Waals surface area contributed by atoms with Crippen molar-refractivity contribution in [3.63, 3.8) is 0 Å². The molecule has 3 heteroatoms. The molecular weight excluding hydrogens is 265 g/mol. The molecule has 2 nitrogen and oxygen atoms in total. The van der Waals surface area contributed by atoms with E-state index in [0.717, 1.165) is 18.4 Å². The molecule has 0 aliphatic carbocycles. The van der Waals surface area contributed by atoms with Crippen molar-refractivity contribution in [1.29, 1.82) is 0 Å². The number of benzene rings is 2. The molecule has 1 unspecified atom stereocenters. The van der Waals surface area contributed by atoms with Gasteiger partial charge in [0.2, 0.25) is 0 Å². The highest BCUT2D eigenvalue weighted by atomic mass is 19.1. The second kappa shape index (κ2) is 7.23. The van der Waals surface area contributed by atoms with Gasteiger partial charge in [-0.1, -0.05) is 30.3 Å². The summed E-state index contributed by atoms with van der Waals surface area (Å²) in [5.41, 5.74) is 9.43. The second-order valence-corrected chi connectivity index (χ2v) is 5.41. The fourth-order valence-electron chi connectivity index (χ4n) is 2.56. The topological polar surface area (TPSA) is 35.2 Å². The van der Waals surface area contributed by atoms with E-state index in [0.29, 0.717) is 12.5 Å². The van der Waals surface area contributed by atoms with E-state index in [1.165, 1.54) is 18.2 Å². The van der Waals surface area contributed by atoms with Gasteiger partial charge in [0.05, 0.1) is 7.11 Å². The Kier molecular flexibility index (Phi) is 5.34. The zero-order chi connectivity index (χ0) is 15.2. The third kappa shape index (κ3) is 4.05. The third-order valence-electron chi connectivity index (χ3n) is 3.84. The lowest BCUT2D eigenvalue weighted by Gasteiger charge is -2.16. The van der Waals surface area contributed by atoms with Crippen LogP contribution < -0.4 is 10.5 Å². The molecule has 2 aromatic carbocycles. The summed E-state index contributed by atoms with van der Waals surface area (Å²) in [6.45, 7) is 2.69. The maximum absolute atomic E-state index is 13.7. The molecule has 2 aromatic rings. The van der Waals surface area contributed by atoms with Gasteiger partial charge in [-0.15, -0.1) is 0 Å². The van der Waals surface area contributed by atoms with Crippen LogP contribution in [-0.4, -0.2) is 13.7 Å². The van der Waals surface area contributed by atoms with E-state index < -0.39 is 0 Å². The molecule has 0 aliphatic heterocycles. The van der Waals surface area contributed by atoms with Gasteiger partial charge in [0.15, 0.2) is 11.6 Å². The fraction of sp³-hybridized carbons (Fsp3) is 0.333. The zero-order valence-electron chi connectivity index (χ0n) is 12.6. The van der Waals surface area contributed by atoms with Crippen LogP contribution in [0.15, 0.2) is 42.5 Å². The van der Waals surface area contributed by atoms with Crippen LogP contribution in [0.3, 0.4) is 0 Å². The minimum atomic E-state index is -0.318. The van der Waals surface area contributed by atoms with Crippen LogP contribution >= 0.6 is 0 Å². The van der Waals surface area contributed by atoms with Gasteiger partial charge in [-0.3, -0.25) is 0 Å². The minimum Gasteiger partial charge on any atom is -0.494 e. The predicted molar refractivity (Wildman–Crippen MR) is 84.1 cm³/mol. The van der Waals surface area contributed by atoms with E-state index in [9.17, 15) is 4.39 Å². The number of hydrogen-bond acceptors (Lipinski definition) is 2. The summed E-state index contributed by atoms with van der Waals surface area (Å²) < 4.78 is 18.7. The summed E-state index contributed by atoms with van der Waals surface area (Å²) in [5.74, 6) is 0.266. The lowest BCUT2D eigenvalue weighted by Crippen LogP contribution is -2.19. The Labute approximate surface area is 125 Å². The van der Waals surface area contributed by atoms with Gasteiger partial charge in [0.25, 0.3) is 0 Å². The maximum Gasteiger partial charge on any atom is 0.165 e. The largest absolute Gasteiger partial charge is 0.494 e. The van der Waals surface area contributed by atoms with E-state index in [2.05, 4.69) is 19.1 Å². The Balaban J connectivity index is 2.09. The van der Waals surface area contributed by atoms with Gasteiger partial charge >= 0.3 is 0 Å². The van der Waals surface area contributed by atoms with Crippen LogP contribution in [0.5, 0.6) is 5.75 Å². The Morgan fingerprint density at radius 3 is 2.52 bits per heavy atom. The summed E-state index contributed by atoms with van der Waals surface area (Å²) in [6, 6.07) is 13.4. The Bertz CT molecular complexity index is 598. The number of rotatable bonds is 6. The SMILES string of the molecule is COc1ccc(CC(CN)Cc2ccccc2C)cc1F. The summed E-state index contributed by atoms with van der Waals surface area (Å²) in [5, 5.41) is 0. The average molecular weight is 287 g/mol. The van der Waals surface area contributed by atoms with E-state index in [1.54, 1.807) is 12.1 Å². The van der Waals surface area contributed by atoms with E-state index in [1.807, 2.05) is 18.2 Å². The lowest BCUT2D eigenvalue weighted by atomic mass is 9.91. The van der Waals surface area contributed by atoms with E-state index in [-0.39, 0.29) is 11.6 Å². The molecule has 0 spiro atoms. The quantitative estimate of drug-likeness (QED) is 0.882. The lowest BCUT2D eigenvalue weighted by molar-refractivity contribution is 0.385. The highest BCUT2D eigenvalue weighted by Crippen LogP contribution is 2.21. The van der Waals surface area contributed by atoms with Gasteiger partial charge in [-0.2, -0.15) is 0 Å². The van der Waals surface area contributed by atoms with Crippen LogP contribution in [0.2, 0.25) is 0 Å². The first kappa shape index (κ1) is 15.5. The molecule has 0 fully saturated rings. The number of ether oxygens (including phenoxy) is 1. The molecule has 0 aromatic heterocycles. The van der Waals surface area contributed by atoms with Crippen molar-refractivity contribution >= 4 is 0 Å². The summed E-state index contributed by atoms with van der Waals surface area (Å²) in [7, 11) is 1.47. The number of hydrogen-bond donors (Lipinski definition) is 1. The molecular formula is C18H22FNO. The fourth-order valence-corrected chi connectivity index (χ4v) is 2.56. The Morgan fingerprint density at radius 1 is 1.14 bits per heavy atom. The molecule has 0 saturated heterocycles. The van der Waals surface area contributed by atoms with Gasteiger partial charge < -0.3 is 10.5 Å². The van der Waals surface area contributed by atoms with Crippen LogP contribution in [-0.2, 0) is 12.8 Å². The van der Waals surface area contributed by atoms with Crippen molar-refractivity contribution in [2.45, 2.75) is 19.8 Å². The zero-order valence-corrected chi connectivity index (χ0v) is 12.6. The van der Waals surface area contributed by atoms with Gasteiger partial charge in [0.1, 0.15) is 0 Å². The van der Waals surface area contributed by atoms with Crippen LogP contribution in [0.4, 0.5) is 4.39 Å². The first-order valence-corrected chi connectivity index (χ1v) is 7.21. The number of aryl methyl sites for hydroxylation is 1. The molecule has 21 heavy (non-hydrogen) atoms. The van der Waals surface area contributed by atoms with Crippen molar-refractivity contribution in [3.05, 3.63) is 65.0 Å². The third-order valence-corrected chi connectivity index (χ3v) is 3.84. The highest BCUT2D eigenvalue weighted by molar-refractivity contribution is 5.30. The molecule has 1 atom stereocenters. The molecule has 0 saturated carbocycles. The predicted octanol–water partition coefficient (Wildman–Crippen LogP) is 3.50. The van der Waals surface area contributed by atoms with Crippen molar-refractivity contribution in [2.24, 2.45) is 11.7 Å². The van der Waals surface area contributed by atoms with Crippen LogP contribution in [0.25, 0.3) is 0 Å². The minimum absolute atomic E-state index is 0.280. The monoisotopic (exact) mass is 287 g/mol. The second-order valence-electron chi connectivity index (χ2n) is 5.41. The van der Waals surface area contributed by atoms with Gasteiger partial charge in [-0.25, -0.2) is 4.39 Å². The molecule has 0 heterocycles. The maximum atomic E-state index is 13.7. The summed E-state index contributed by atoms with van der Waals surface area (Å²) in [6.07, 6.45) is 1.68. The highest BCUT2D eigenvalue weighted by Gasteiger charge is 2.12. The first-order chi connectivity index (χ1) is 10.1. The van der Waals surface area contributed by atoms with Crippen molar-refractivity contribution in [1.82, 2.24) is 0 Å². The van der Waals surface area contributed by atoms with Gasteiger partial charge in [0, 0.05) is 0 Å². The van der Waals surface area contributed by atoms with Crippen molar-refractivity contribution in [2.75, 3.05) is 13.7 Å².